The van der Waals surface area contributed by atoms with E-state index in [-0.39, 0.29) is 5.95 Å². The largest absolute Gasteiger partial charge is 0.464 e. The second kappa shape index (κ2) is 9.34. The van der Waals surface area contributed by atoms with Crippen LogP contribution in [0.4, 0.5) is 11.8 Å². The number of fused-ring (bicyclic) bond motifs is 1. The average Bonchev–Trinajstić information content (AvgIpc) is 3.64. The van der Waals surface area contributed by atoms with Crippen LogP contribution in [-0.4, -0.2) is 25.6 Å². The number of nitrogens with two attached hydrogens (primary N) is 2. The van der Waals surface area contributed by atoms with E-state index in [1.165, 1.54) is 25.7 Å². The number of rotatable bonds is 6. The first kappa shape index (κ1) is 22.1. The lowest BCUT2D eigenvalue weighted by atomic mass is 9.86. The van der Waals surface area contributed by atoms with Crippen LogP contribution in [0.1, 0.15) is 74.7 Å². The second-order valence-corrected chi connectivity index (χ2v) is 10.0. The maximum absolute atomic E-state index is 6.21. The molecule has 0 saturated heterocycles. The van der Waals surface area contributed by atoms with E-state index in [4.69, 9.17) is 25.9 Å². The zero-order chi connectivity index (χ0) is 23.8. The molecule has 0 spiro atoms. The highest BCUT2D eigenvalue weighted by Gasteiger charge is 2.31. The van der Waals surface area contributed by atoms with Crippen molar-refractivity contribution in [3.63, 3.8) is 0 Å². The van der Waals surface area contributed by atoms with Crippen LogP contribution in [0.2, 0.25) is 0 Å². The van der Waals surface area contributed by atoms with Gasteiger partial charge in [0.05, 0.1) is 6.26 Å². The third-order valence-electron chi connectivity index (χ3n) is 7.63. The quantitative estimate of drug-likeness (QED) is 0.345. The molecule has 1 aromatic carbocycles. The van der Waals surface area contributed by atoms with E-state index in [9.17, 15) is 0 Å². The maximum Gasteiger partial charge on any atom is 0.224 e. The fraction of sp³-hybridized carbons (Fsp3) is 0.444. The van der Waals surface area contributed by atoms with Gasteiger partial charge in [0.25, 0.3) is 0 Å². The Balaban J connectivity index is 1.32. The maximum atomic E-state index is 6.21. The topological polar surface area (TPSA) is 121 Å². The summed E-state index contributed by atoms with van der Waals surface area (Å²) in [5.74, 6) is 3.40. The molecule has 35 heavy (non-hydrogen) atoms. The van der Waals surface area contributed by atoms with Gasteiger partial charge in [-0.15, -0.1) is 0 Å². The van der Waals surface area contributed by atoms with E-state index in [1.54, 1.807) is 6.26 Å². The van der Waals surface area contributed by atoms with Gasteiger partial charge in [-0.3, -0.25) is 0 Å². The van der Waals surface area contributed by atoms with E-state index in [0.717, 1.165) is 59.6 Å². The van der Waals surface area contributed by atoms with Crippen molar-refractivity contribution < 1.29 is 4.42 Å². The van der Waals surface area contributed by atoms with Gasteiger partial charge >= 0.3 is 0 Å². The number of hydrogen-bond acceptors (Lipinski definition) is 7. The standard InChI is InChI=1S/C27H33N7O/c28-20-13-11-19(12-14-20)25-31-23-24(32-27(29)33-26(23)34(25)21-4-1-2-5-21)30-16-17-7-9-18(10-8-17)22-6-3-15-35-22/h3,6-10,15,19-21H,1-2,4-5,11-14,16,28H2,(H3,29,30,32,33). The van der Waals surface area contributed by atoms with Gasteiger partial charge in [-0.05, 0) is 56.2 Å². The molecule has 182 valence electrons. The fourth-order valence-electron chi connectivity index (χ4n) is 5.73. The molecule has 0 amide bonds. The van der Waals surface area contributed by atoms with Crippen LogP contribution in [0.15, 0.2) is 47.1 Å². The SMILES string of the molecule is Nc1nc(NCc2ccc(-c3ccco3)cc2)c2nc(C3CCC(N)CC3)n(C3CCCC3)c2n1. The van der Waals surface area contributed by atoms with Gasteiger partial charge in [-0.1, -0.05) is 37.1 Å². The summed E-state index contributed by atoms with van der Waals surface area (Å²) >= 11 is 0. The Hall–Kier alpha value is -3.39. The van der Waals surface area contributed by atoms with Crippen LogP contribution < -0.4 is 16.8 Å². The summed E-state index contributed by atoms with van der Waals surface area (Å²) in [6.07, 6.45) is 10.8. The molecule has 8 nitrogen and oxygen atoms in total. The zero-order valence-corrected chi connectivity index (χ0v) is 20.0. The van der Waals surface area contributed by atoms with Gasteiger partial charge in [-0.2, -0.15) is 9.97 Å². The Morgan fingerprint density at radius 2 is 1.71 bits per heavy atom. The number of benzene rings is 1. The Morgan fingerprint density at radius 1 is 0.943 bits per heavy atom. The van der Waals surface area contributed by atoms with Crippen molar-refractivity contribution in [2.24, 2.45) is 5.73 Å². The summed E-state index contributed by atoms with van der Waals surface area (Å²) in [7, 11) is 0. The van der Waals surface area contributed by atoms with Crippen LogP contribution >= 0.6 is 0 Å². The van der Waals surface area contributed by atoms with Crippen LogP contribution in [0.25, 0.3) is 22.5 Å². The first-order valence-corrected chi connectivity index (χ1v) is 12.8. The van der Waals surface area contributed by atoms with Crippen molar-refractivity contribution in [2.75, 3.05) is 11.1 Å². The third kappa shape index (κ3) is 4.38. The fourth-order valence-corrected chi connectivity index (χ4v) is 5.73. The number of aromatic nitrogens is 4. The van der Waals surface area contributed by atoms with E-state index in [2.05, 4.69) is 39.1 Å². The van der Waals surface area contributed by atoms with Gasteiger partial charge in [-0.25, -0.2) is 4.98 Å². The van der Waals surface area contributed by atoms with Crippen molar-refractivity contribution in [3.05, 3.63) is 54.0 Å². The lowest BCUT2D eigenvalue weighted by molar-refractivity contribution is 0.367. The average molecular weight is 472 g/mol. The molecular formula is C27H33N7O. The highest BCUT2D eigenvalue weighted by atomic mass is 16.3. The number of anilines is 2. The normalized spacial score (nSPS) is 21.1. The highest BCUT2D eigenvalue weighted by Crippen LogP contribution is 2.40. The first-order chi connectivity index (χ1) is 17.2. The molecule has 0 atom stereocenters. The molecule has 0 unspecified atom stereocenters. The molecule has 2 saturated carbocycles. The Morgan fingerprint density at radius 3 is 2.43 bits per heavy atom. The smallest absolute Gasteiger partial charge is 0.224 e. The molecule has 8 heteroatoms. The predicted molar refractivity (Wildman–Crippen MR) is 138 cm³/mol. The first-order valence-electron chi connectivity index (χ1n) is 12.8. The van der Waals surface area contributed by atoms with Crippen molar-refractivity contribution in [2.45, 2.75) is 75.9 Å². The van der Waals surface area contributed by atoms with Crippen LogP contribution in [0.3, 0.4) is 0 Å². The Kier molecular flexibility index (Phi) is 5.90. The monoisotopic (exact) mass is 471 g/mol. The van der Waals surface area contributed by atoms with Crippen molar-refractivity contribution >= 4 is 22.9 Å². The van der Waals surface area contributed by atoms with Crippen molar-refractivity contribution in [1.29, 1.82) is 0 Å². The molecule has 3 heterocycles. The minimum absolute atomic E-state index is 0.282. The van der Waals surface area contributed by atoms with E-state index in [0.29, 0.717) is 30.4 Å². The molecule has 3 aromatic heterocycles. The zero-order valence-electron chi connectivity index (χ0n) is 20.0. The molecule has 0 radical (unpaired) electrons. The number of nitrogens with zero attached hydrogens (tertiary/aromatic N) is 4. The molecule has 0 bridgehead atoms. The van der Waals surface area contributed by atoms with Crippen LogP contribution in [0.5, 0.6) is 0 Å². The molecule has 2 fully saturated rings. The summed E-state index contributed by atoms with van der Waals surface area (Å²) in [6, 6.07) is 12.9. The van der Waals surface area contributed by atoms with Gasteiger partial charge in [0.2, 0.25) is 5.95 Å². The number of furan rings is 1. The van der Waals surface area contributed by atoms with Gasteiger partial charge in [0, 0.05) is 30.1 Å². The lowest BCUT2D eigenvalue weighted by Crippen LogP contribution is -2.27. The summed E-state index contributed by atoms with van der Waals surface area (Å²) in [4.78, 5) is 14.4. The molecule has 2 aliphatic carbocycles. The van der Waals surface area contributed by atoms with Gasteiger partial charge in [0.15, 0.2) is 17.0 Å². The number of hydrogen-bond donors (Lipinski definition) is 3. The summed E-state index contributed by atoms with van der Waals surface area (Å²) in [6.45, 7) is 0.619. The van der Waals surface area contributed by atoms with Crippen molar-refractivity contribution in [1.82, 2.24) is 19.5 Å². The summed E-state index contributed by atoms with van der Waals surface area (Å²) in [5, 5.41) is 3.49. The number of nitrogen functional groups attached to an aromatic ring is 1. The molecular weight excluding hydrogens is 438 g/mol. The van der Waals surface area contributed by atoms with Crippen LogP contribution in [-0.2, 0) is 6.54 Å². The van der Waals surface area contributed by atoms with Crippen molar-refractivity contribution in [3.8, 4) is 11.3 Å². The highest BCUT2D eigenvalue weighted by molar-refractivity contribution is 5.85. The molecule has 6 rings (SSSR count). The molecule has 2 aliphatic rings. The Labute approximate surface area is 205 Å². The predicted octanol–water partition coefficient (Wildman–Crippen LogP) is 5.38. The third-order valence-corrected chi connectivity index (χ3v) is 7.63. The minimum atomic E-state index is 0.282. The summed E-state index contributed by atoms with van der Waals surface area (Å²) in [5.41, 5.74) is 16.3. The minimum Gasteiger partial charge on any atom is -0.464 e. The van der Waals surface area contributed by atoms with E-state index >= 15 is 0 Å². The molecule has 4 aromatic rings. The lowest BCUT2D eigenvalue weighted by Gasteiger charge is -2.27. The number of nitrogens with one attached hydrogen (secondary N) is 1. The van der Waals surface area contributed by atoms with Crippen LogP contribution in [0, 0.1) is 0 Å². The van der Waals surface area contributed by atoms with E-state index < -0.39 is 0 Å². The number of imidazole rings is 1. The van der Waals surface area contributed by atoms with Gasteiger partial charge in [0.1, 0.15) is 11.6 Å². The van der Waals surface area contributed by atoms with E-state index in [1.807, 2.05) is 12.1 Å². The summed E-state index contributed by atoms with van der Waals surface area (Å²) < 4.78 is 7.89. The molecule has 0 aliphatic heterocycles. The molecule has 5 N–H and O–H groups in total. The second-order valence-electron chi connectivity index (χ2n) is 10.0. The Bertz CT molecular complexity index is 1280. The van der Waals surface area contributed by atoms with Gasteiger partial charge < -0.3 is 25.8 Å².